The van der Waals surface area contributed by atoms with Crippen molar-refractivity contribution in [3.8, 4) is 0 Å². The van der Waals surface area contributed by atoms with Crippen molar-refractivity contribution in [1.29, 1.82) is 0 Å². The molecule has 0 bridgehead atoms. The lowest BCUT2D eigenvalue weighted by molar-refractivity contribution is 0.0996. The van der Waals surface area contributed by atoms with Gasteiger partial charge in [-0.1, -0.05) is 0 Å². The van der Waals surface area contributed by atoms with Crippen LogP contribution in [0.15, 0.2) is 44.5 Å². The number of carbonyl (C=O) groups excluding carboxylic acids is 1. The van der Waals surface area contributed by atoms with Crippen molar-refractivity contribution in [2.24, 2.45) is 14.1 Å². The second kappa shape index (κ2) is 5.97. The summed E-state index contributed by atoms with van der Waals surface area (Å²) in [7, 11) is 6.72. The van der Waals surface area contributed by atoms with E-state index in [-0.39, 0.29) is 5.76 Å². The molecule has 130 valence electrons. The van der Waals surface area contributed by atoms with Gasteiger partial charge in [0.05, 0.1) is 28.7 Å². The van der Waals surface area contributed by atoms with Crippen LogP contribution >= 0.6 is 0 Å². The highest BCUT2D eigenvalue weighted by Crippen LogP contribution is 2.29. The molecule has 2 aromatic heterocycles. The summed E-state index contributed by atoms with van der Waals surface area (Å²) < 4.78 is 7.69. The standard InChI is InChI=1S/C17H18N4O4/c1-19(2)11-9-13-12(20(3)16(23)17(24)21(13)4)8-10(11)18-15(22)14-6-5-7-25-14/h5-9H,1-4H3,(H,18,22). The van der Waals surface area contributed by atoms with E-state index in [4.69, 9.17) is 4.42 Å². The Morgan fingerprint density at radius 1 is 1.08 bits per heavy atom. The minimum atomic E-state index is -0.629. The second-order valence-corrected chi connectivity index (χ2v) is 5.91. The number of carbonyl (C=O) groups is 1. The highest BCUT2D eigenvalue weighted by molar-refractivity contribution is 6.05. The van der Waals surface area contributed by atoms with Crippen LogP contribution < -0.4 is 21.3 Å². The molecule has 0 aliphatic carbocycles. The van der Waals surface area contributed by atoms with E-state index in [0.29, 0.717) is 22.4 Å². The van der Waals surface area contributed by atoms with Gasteiger partial charge < -0.3 is 23.8 Å². The fourth-order valence-corrected chi connectivity index (χ4v) is 2.67. The van der Waals surface area contributed by atoms with Gasteiger partial charge in [-0.05, 0) is 24.3 Å². The van der Waals surface area contributed by atoms with E-state index in [9.17, 15) is 14.4 Å². The van der Waals surface area contributed by atoms with Gasteiger partial charge in [-0.2, -0.15) is 0 Å². The predicted octanol–water partition coefficient (Wildman–Crippen LogP) is 1.15. The van der Waals surface area contributed by atoms with Crippen LogP contribution in [0.1, 0.15) is 10.6 Å². The zero-order valence-electron chi connectivity index (χ0n) is 14.4. The molecule has 0 aliphatic rings. The number of nitrogens with one attached hydrogen (secondary N) is 1. The van der Waals surface area contributed by atoms with Crippen LogP contribution in [-0.4, -0.2) is 29.1 Å². The average Bonchev–Trinajstić information content (AvgIpc) is 3.12. The molecule has 0 spiro atoms. The third kappa shape index (κ3) is 2.71. The first-order valence-corrected chi connectivity index (χ1v) is 7.57. The molecule has 0 aliphatic heterocycles. The number of rotatable bonds is 3. The number of fused-ring (bicyclic) bond motifs is 1. The molecule has 1 N–H and O–H groups in total. The molecular weight excluding hydrogens is 324 g/mol. The average molecular weight is 342 g/mol. The van der Waals surface area contributed by atoms with E-state index in [0.717, 1.165) is 0 Å². The number of benzene rings is 1. The number of hydrogen-bond donors (Lipinski definition) is 1. The fraction of sp³-hybridized carbons (Fsp3) is 0.235. The van der Waals surface area contributed by atoms with Crippen LogP contribution in [0.5, 0.6) is 0 Å². The van der Waals surface area contributed by atoms with Crippen LogP contribution in [0.25, 0.3) is 11.0 Å². The van der Waals surface area contributed by atoms with Gasteiger partial charge in [0, 0.05) is 28.2 Å². The van der Waals surface area contributed by atoms with Crippen LogP contribution in [0.2, 0.25) is 0 Å². The lowest BCUT2D eigenvalue weighted by atomic mass is 10.2. The van der Waals surface area contributed by atoms with Crippen LogP contribution in [0.4, 0.5) is 11.4 Å². The fourth-order valence-electron chi connectivity index (χ4n) is 2.67. The van der Waals surface area contributed by atoms with Crippen LogP contribution in [0, 0.1) is 0 Å². The summed E-state index contributed by atoms with van der Waals surface area (Å²) in [6, 6.07) is 6.62. The molecule has 3 rings (SSSR count). The maximum atomic E-state index is 12.3. The Kier molecular flexibility index (Phi) is 3.96. The molecular formula is C17H18N4O4. The van der Waals surface area contributed by atoms with E-state index in [2.05, 4.69) is 5.32 Å². The van der Waals surface area contributed by atoms with Crippen molar-refractivity contribution in [2.75, 3.05) is 24.3 Å². The Hall–Kier alpha value is -3.29. The monoisotopic (exact) mass is 342 g/mol. The molecule has 2 heterocycles. The van der Waals surface area contributed by atoms with Gasteiger partial charge in [0.25, 0.3) is 5.91 Å². The predicted molar refractivity (Wildman–Crippen MR) is 95.4 cm³/mol. The summed E-state index contributed by atoms with van der Waals surface area (Å²) >= 11 is 0. The smallest absolute Gasteiger partial charge is 0.316 e. The first-order valence-electron chi connectivity index (χ1n) is 7.57. The lowest BCUT2D eigenvalue weighted by Crippen LogP contribution is -2.39. The van der Waals surface area contributed by atoms with Crippen molar-refractivity contribution in [2.45, 2.75) is 0 Å². The minimum absolute atomic E-state index is 0.180. The van der Waals surface area contributed by atoms with E-state index < -0.39 is 17.0 Å². The lowest BCUT2D eigenvalue weighted by Gasteiger charge is -2.20. The molecule has 0 saturated carbocycles. The van der Waals surface area contributed by atoms with Gasteiger partial charge in [0.2, 0.25) is 0 Å². The topological polar surface area (TPSA) is 89.5 Å². The molecule has 1 amide bonds. The number of furan rings is 1. The van der Waals surface area contributed by atoms with Gasteiger partial charge >= 0.3 is 11.1 Å². The van der Waals surface area contributed by atoms with Crippen molar-refractivity contribution in [1.82, 2.24) is 9.13 Å². The summed E-state index contributed by atoms with van der Waals surface area (Å²) in [6.45, 7) is 0. The summed E-state index contributed by atoms with van der Waals surface area (Å²) in [5.74, 6) is -0.221. The maximum absolute atomic E-state index is 12.3. The van der Waals surface area contributed by atoms with Gasteiger partial charge in [0.1, 0.15) is 0 Å². The third-order valence-electron chi connectivity index (χ3n) is 4.08. The maximum Gasteiger partial charge on any atom is 0.316 e. The van der Waals surface area contributed by atoms with Gasteiger partial charge in [0.15, 0.2) is 5.76 Å². The number of amides is 1. The Morgan fingerprint density at radius 3 is 2.20 bits per heavy atom. The quantitative estimate of drug-likeness (QED) is 0.721. The summed E-state index contributed by atoms with van der Waals surface area (Å²) in [6.07, 6.45) is 1.42. The van der Waals surface area contributed by atoms with Crippen LogP contribution in [-0.2, 0) is 14.1 Å². The molecule has 8 nitrogen and oxygen atoms in total. The van der Waals surface area contributed by atoms with Crippen molar-refractivity contribution >= 4 is 28.3 Å². The molecule has 1 aromatic carbocycles. The molecule has 25 heavy (non-hydrogen) atoms. The Morgan fingerprint density at radius 2 is 1.68 bits per heavy atom. The summed E-state index contributed by atoms with van der Waals surface area (Å²) in [5.41, 5.74) is 1.09. The molecule has 0 radical (unpaired) electrons. The Balaban J connectivity index is 2.24. The van der Waals surface area contributed by atoms with Crippen LogP contribution in [0.3, 0.4) is 0 Å². The first kappa shape index (κ1) is 16.6. The molecule has 8 heteroatoms. The normalized spacial score (nSPS) is 10.9. The zero-order valence-corrected chi connectivity index (χ0v) is 14.4. The largest absolute Gasteiger partial charge is 0.459 e. The Labute approximate surface area is 142 Å². The molecule has 0 unspecified atom stereocenters. The minimum Gasteiger partial charge on any atom is -0.459 e. The van der Waals surface area contributed by atoms with Gasteiger partial charge in [-0.3, -0.25) is 14.4 Å². The number of hydrogen-bond acceptors (Lipinski definition) is 5. The first-order chi connectivity index (χ1) is 11.8. The van der Waals surface area contributed by atoms with E-state index >= 15 is 0 Å². The van der Waals surface area contributed by atoms with Gasteiger partial charge in [-0.15, -0.1) is 0 Å². The molecule has 0 fully saturated rings. The van der Waals surface area contributed by atoms with Crippen molar-refractivity contribution < 1.29 is 9.21 Å². The number of anilines is 2. The number of aryl methyl sites for hydroxylation is 2. The second-order valence-electron chi connectivity index (χ2n) is 5.91. The SMILES string of the molecule is CN(C)c1cc2c(cc1NC(=O)c1ccco1)n(C)c(=O)c(=O)n2C. The molecule has 3 aromatic rings. The molecule has 0 atom stereocenters. The number of nitrogens with zero attached hydrogens (tertiary/aromatic N) is 3. The van der Waals surface area contributed by atoms with Gasteiger partial charge in [-0.25, -0.2) is 0 Å². The van der Waals surface area contributed by atoms with E-state index in [1.165, 1.54) is 22.4 Å². The van der Waals surface area contributed by atoms with E-state index in [1.54, 1.807) is 31.3 Å². The highest BCUT2D eigenvalue weighted by atomic mass is 16.3. The third-order valence-corrected chi connectivity index (χ3v) is 4.08. The zero-order chi connectivity index (χ0) is 18.3. The van der Waals surface area contributed by atoms with E-state index in [1.807, 2.05) is 19.0 Å². The van der Waals surface area contributed by atoms with Crippen molar-refractivity contribution in [3.05, 3.63) is 57.0 Å². The van der Waals surface area contributed by atoms with Crippen molar-refractivity contribution in [3.63, 3.8) is 0 Å². The molecule has 0 saturated heterocycles. The Bertz CT molecular complexity index is 1070. The summed E-state index contributed by atoms with van der Waals surface area (Å²) in [5, 5.41) is 2.79. The summed E-state index contributed by atoms with van der Waals surface area (Å²) in [4.78, 5) is 38.2. The highest BCUT2D eigenvalue weighted by Gasteiger charge is 2.17. The number of aromatic nitrogens is 2.